The summed E-state index contributed by atoms with van der Waals surface area (Å²) in [5.74, 6) is 0.416. The van der Waals surface area contributed by atoms with Crippen molar-refractivity contribution in [3.63, 3.8) is 0 Å². The Hall–Kier alpha value is -4.75. The zero-order chi connectivity index (χ0) is 26.6. The highest BCUT2D eigenvalue weighted by atomic mass is 14.7. The Kier molecular flexibility index (Phi) is 6.89. The van der Waals surface area contributed by atoms with Crippen molar-refractivity contribution in [2.24, 2.45) is 0 Å². The van der Waals surface area contributed by atoms with Crippen LogP contribution in [0, 0.1) is 0 Å². The predicted octanol–water partition coefficient (Wildman–Crippen LogP) is 10.5. The second kappa shape index (κ2) is 10.9. The molecule has 0 aliphatic carbocycles. The van der Waals surface area contributed by atoms with Crippen LogP contribution in [0.2, 0.25) is 0 Å². The van der Waals surface area contributed by atoms with Gasteiger partial charge in [-0.25, -0.2) is 0 Å². The minimum Gasteiger partial charge on any atom is -0.256 e. The third-order valence-electron chi connectivity index (χ3n) is 7.29. The summed E-state index contributed by atoms with van der Waals surface area (Å²) in [5, 5.41) is 0. The zero-order valence-corrected chi connectivity index (χ0v) is 22.4. The molecule has 5 aromatic carbocycles. The maximum atomic E-state index is 4.67. The number of hydrogen-bond acceptors (Lipinski definition) is 1. The van der Waals surface area contributed by atoms with Gasteiger partial charge in [0.2, 0.25) is 0 Å². The van der Waals surface area contributed by atoms with Crippen LogP contribution in [0.25, 0.3) is 55.8 Å². The number of nitrogens with zero attached hydrogens (tertiary/aromatic N) is 1. The first-order valence-electron chi connectivity index (χ1n) is 13.6. The van der Waals surface area contributed by atoms with Crippen LogP contribution in [-0.4, -0.2) is 4.98 Å². The van der Waals surface area contributed by atoms with E-state index in [0.29, 0.717) is 5.92 Å². The molecule has 0 saturated carbocycles. The van der Waals surface area contributed by atoms with Crippen LogP contribution in [0.4, 0.5) is 0 Å². The molecule has 0 aliphatic heterocycles. The Bertz CT molecular complexity index is 1640. The van der Waals surface area contributed by atoms with Gasteiger partial charge in [0.1, 0.15) is 0 Å². The van der Waals surface area contributed by atoms with E-state index in [9.17, 15) is 0 Å². The molecule has 188 valence electrons. The number of hydrogen-bond donors (Lipinski definition) is 0. The Labute approximate surface area is 231 Å². The Morgan fingerprint density at radius 1 is 0.410 bits per heavy atom. The van der Waals surface area contributed by atoms with Gasteiger partial charge in [-0.2, -0.15) is 0 Å². The lowest BCUT2D eigenvalue weighted by Gasteiger charge is -2.15. The van der Waals surface area contributed by atoms with Crippen molar-refractivity contribution in [1.82, 2.24) is 4.98 Å². The molecule has 0 bridgehead atoms. The summed E-state index contributed by atoms with van der Waals surface area (Å²) in [7, 11) is 0. The van der Waals surface area contributed by atoms with E-state index in [0.717, 1.165) is 5.69 Å². The van der Waals surface area contributed by atoms with Crippen LogP contribution in [0.3, 0.4) is 0 Å². The quantitative estimate of drug-likeness (QED) is 0.221. The molecular formula is C38H31N. The van der Waals surface area contributed by atoms with Crippen LogP contribution in [-0.2, 0) is 0 Å². The van der Waals surface area contributed by atoms with Gasteiger partial charge >= 0.3 is 0 Å². The van der Waals surface area contributed by atoms with Gasteiger partial charge in [0.25, 0.3) is 0 Å². The number of benzene rings is 5. The van der Waals surface area contributed by atoms with E-state index in [1.807, 2.05) is 12.3 Å². The molecule has 0 amide bonds. The number of rotatable bonds is 6. The molecule has 1 heterocycles. The van der Waals surface area contributed by atoms with E-state index >= 15 is 0 Å². The van der Waals surface area contributed by atoms with Gasteiger partial charge in [0, 0.05) is 11.8 Å². The fourth-order valence-electron chi connectivity index (χ4n) is 5.25. The maximum Gasteiger partial charge on any atom is 0.0705 e. The second-order valence-corrected chi connectivity index (χ2v) is 10.3. The van der Waals surface area contributed by atoms with E-state index in [-0.39, 0.29) is 0 Å². The average molecular weight is 502 g/mol. The summed E-state index contributed by atoms with van der Waals surface area (Å²) in [6.07, 6.45) is 1.87. The van der Waals surface area contributed by atoms with Gasteiger partial charge in [0.05, 0.1) is 5.69 Å². The summed E-state index contributed by atoms with van der Waals surface area (Å²) in [6.45, 7) is 4.48. The lowest BCUT2D eigenvalue weighted by Crippen LogP contribution is -1.95. The van der Waals surface area contributed by atoms with Crippen LogP contribution in [0.5, 0.6) is 0 Å². The average Bonchev–Trinajstić information content (AvgIpc) is 3.02. The summed E-state index contributed by atoms with van der Waals surface area (Å²) in [6, 6.07) is 50.0. The first-order valence-corrected chi connectivity index (χ1v) is 13.6. The van der Waals surface area contributed by atoms with E-state index in [2.05, 4.69) is 152 Å². The second-order valence-electron chi connectivity index (χ2n) is 10.3. The zero-order valence-electron chi connectivity index (χ0n) is 22.4. The van der Waals surface area contributed by atoms with Crippen LogP contribution >= 0.6 is 0 Å². The summed E-state index contributed by atoms with van der Waals surface area (Å²) >= 11 is 0. The highest BCUT2D eigenvalue weighted by Gasteiger charge is 2.13. The molecule has 0 unspecified atom stereocenters. The third kappa shape index (κ3) is 5.30. The molecule has 1 aromatic heterocycles. The molecule has 39 heavy (non-hydrogen) atoms. The van der Waals surface area contributed by atoms with E-state index < -0.39 is 0 Å². The SMILES string of the molecule is CC(C)c1ccc(-c2cccc(-c3cc(-c4ccccc4)cc(-c4ccccc4)c3)c2)cc1-c1ccccn1. The van der Waals surface area contributed by atoms with Gasteiger partial charge < -0.3 is 0 Å². The van der Waals surface area contributed by atoms with Crippen molar-refractivity contribution in [2.75, 3.05) is 0 Å². The van der Waals surface area contributed by atoms with Crippen molar-refractivity contribution in [2.45, 2.75) is 19.8 Å². The smallest absolute Gasteiger partial charge is 0.0705 e. The van der Waals surface area contributed by atoms with Gasteiger partial charge in [-0.1, -0.05) is 111 Å². The molecule has 0 saturated heterocycles. The molecule has 1 heteroatoms. The summed E-state index contributed by atoms with van der Waals surface area (Å²) in [5.41, 5.74) is 13.2. The van der Waals surface area contributed by atoms with Crippen LogP contribution < -0.4 is 0 Å². The van der Waals surface area contributed by atoms with E-state index in [1.54, 1.807) is 0 Å². The van der Waals surface area contributed by atoms with Gasteiger partial charge in [-0.15, -0.1) is 0 Å². The minimum absolute atomic E-state index is 0.416. The summed E-state index contributed by atoms with van der Waals surface area (Å²) < 4.78 is 0. The van der Waals surface area contributed by atoms with Crippen molar-refractivity contribution in [1.29, 1.82) is 0 Å². The highest BCUT2D eigenvalue weighted by molar-refractivity contribution is 5.83. The van der Waals surface area contributed by atoms with E-state index in [1.165, 1.54) is 55.6 Å². The summed E-state index contributed by atoms with van der Waals surface area (Å²) in [4.78, 5) is 4.67. The normalized spacial score (nSPS) is 11.1. The number of aromatic nitrogens is 1. The molecule has 1 nitrogen and oxygen atoms in total. The fraction of sp³-hybridized carbons (Fsp3) is 0.0789. The van der Waals surface area contributed by atoms with Crippen molar-refractivity contribution >= 4 is 0 Å². The van der Waals surface area contributed by atoms with Crippen LogP contribution in [0.1, 0.15) is 25.3 Å². The Morgan fingerprint density at radius 2 is 0.897 bits per heavy atom. The Morgan fingerprint density at radius 3 is 1.46 bits per heavy atom. The van der Waals surface area contributed by atoms with Gasteiger partial charge in [-0.05, 0) is 98.5 Å². The predicted molar refractivity (Wildman–Crippen MR) is 166 cm³/mol. The topological polar surface area (TPSA) is 12.9 Å². The van der Waals surface area contributed by atoms with Crippen molar-refractivity contribution in [3.05, 3.63) is 151 Å². The number of pyridine rings is 1. The first-order chi connectivity index (χ1) is 19.2. The van der Waals surface area contributed by atoms with Crippen molar-refractivity contribution in [3.8, 4) is 55.8 Å². The van der Waals surface area contributed by atoms with E-state index in [4.69, 9.17) is 0 Å². The molecule has 0 atom stereocenters. The molecule has 0 N–H and O–H groups in total. The molecule has 0 spiro atoms. The molecular weight excluding hydrogens is 470 g/mol. The highest BCUT2D eigenvalue weighted by Crippen LogP contribution is 2.36. The molecule has 6 rings (SSSR count). The standard InChI is InChI=1S/C38H31N/c1-27(2)36-20-19-32(26-37(36)38-18-9-10-21-39-38)30-16-11-17-31(22-30)35-24-33(28-12-5-3-6-13-28)23-34(25-35)29-14-7-4-8-15-29/h3-27H,1-2H3. The monoisotopic (exact) mass is 501 g/mol. The molecule has 0 fully saturated rings. The fourth-order valence-corrected chi connectivity index (χ4v) is 5.25. The third-order valence-corrected chi connectivity index (χ3v) is 7.29. The first kappa shape index (κ1) is 24.6. The Balaban J connectivity index is 1.47. The lowest BCUT2D eigenvalue weighted by atomic mass is 9.90. The van der Waals surface area contributed by atoms with Crippen molar-refractivity contribution < 1.29 is 0 Å². The molecule has 0 radical (unpaired) electrons. The van der Waals surface area contributed by atoms with Gasteiger partial charge in [-0.3, -0.25) is 4.98 Å². The lowest BCUT2D eigenvalue weighted by molar-refractivity contribution is 0.868. The maximum absolute atomic E-state index is 4.67. The molecule has 6 aromatic rings. The largest absolute Gasteiger partial charge is 0.256 e. The molecule has 0 aliphatic rings. The minimum atomic E-state index is 0.416. The van der Waals surface area contributed by atoms with Gasteiger partial charge in [0.15, 0.2) is 0 Å². The van der Waals surface area contributed by atoms with Crippen LogP contribution in [0.15, 0.2) is 146 Å².